The summed E-state index contributed by atoms with van der Waals surface area (Å²) in [5.74, 6) is -1.39. The molecule has 1 unspecified atom stereocenters. The quantitative estimate of drug-likeness (QED) is 0.228. The maximum Gasteiger partial charge on any atom is 0.339 e. The lowest BCUT2D eigenvalue weighted by atomic mass is 10.1. The van der Waals surface area contributed by atoms with Crippen LogP contribution in [-0.2, 0) is 7.05 Å². The molecule has 0 aliphatic heterocycles. The molecule has 0 fully saturated rings. The molecule has 11 heteroatoms. The number of hydrogen-bond donors (Lipinski definition) is 4. The highest BCUT2D eigenvalue weighted by Crippen LogP contribution is 2.29. The number of aromatic carboxylic acids is 1. The minimum Gasteiger partial charge on any atom is -0.505 e. The van der Waals surface area contributed by atoms with E-state index in [9.17, 15) is 24.2 Å². The number of phenolic OH excluding ortho intramolecular Hbond substituents is 1. The number of carbonyl (C=O) groups excluding carboxylic acids is 1. The molecule has 5 aromatic rings. The summed E-state index contributed by atoms with van der Waals surface area (Å²) < 4.78 is 21.1. The number of H-pyrrole nitrogens is 1. The Morgan fingerprint density at radius 1 is 1.13 bits per heavy atom. The number of halogens is 1. The van der Waals surface area contributed by atoms with E-state index in [-0.39, 0.29) is 36.3 Å². The van der Waals surface area contributed by atoms with Gasteiger partial charge in [0.25, 0.3) is 5.91 Å². The van der Waals surface area contributed by atoms with Gasteiger partial charge in [0, 0.05) is 24.7 Å². The third kappa shape index (κ3) is 4.61. The van der Waals surface area contributed by atoms with Crippen LogP contribution in [0.25, 0.3) is 22.1 Å². The number of aromatic amines is 1. The first-order chi connectivity index (χ1) is 18.2. The van der Waals surface area contributed by atoms with Crippen LogP contribution in [0.15, 0.2) is 54.6 Å². The molecule has 4 N–H and O–H groups in total. The second-order valence-corrected chi connectivity index (χ2v) is 8.80. The summed E-state index contributed by atoms with van der Waals surface area (Å²) >= 11 is 0. The highest BCUT2D eigenvalue weighted by Gasteiger charge is 2.21. The number of imidazole rings is 2. The van der Waals surface area contributed by atoms with Crippen LogP contribution >= 0.6 is 0 Å². The number of aromatic nitrogens is 4. The second-order valence-electron chi connectivity index (χ2n) is 8.80. The van der Waals surface area contributed by atoms with E-state index in [0.29, 0.717) is 33.8 Å². The van der Waals surface area contributed by atoms with Crippen LogP contribution in [0.5, 0.6) is 11.5 Å². The SMILES string of the molecule is CC(c1nc2cc(O)c(F)cc2[nH]1)c1nc2ccc(C(=O)NCCOc3ccccc3C(=O)O)cc2n1C. The Morgan fingerprint density at radius 3 is 2.71 bits per heavy atom. The van der Waals surface area contributed by atoms with Crippen LogP contribution in [0.3, 0.4) is 0 Å². The van der Waals surface area contributed by atoms with Gasteiger partial charge in [0.05, 0.1) is 34.5 Å². The van der Waals surface area contributed by atoms with Crippen molar-refractivity contribution < 1.29 is 28.9 Å². The number of carboxylic acids is 1. The van der Waals surface area contributed by atoms with Gasteiger partial charge in [-0.2, -0.15) is 0 Å². The maximum atomic E-state index is 13.7. The van der Waals surface area contributed by atoms with E-state index in [0.717, 1.165) is 5.52 Å². The van der Waals surface area contributed by atoms with E-state index in [4.69, 9.17) is 9.72 Å². The number of phenols is 1. The van der Waals surface area contributed by atoms with Gasteiger partial charge in [-0.3, -0.25) is 4.79 Å². The molecule has 0 aliphatic carbocycles. The van der Waals surface area contributed by atoms with Gasteiger partial charge in [-0.1, -0.05) is 12.1 Å². The van der Waals surface area contributed by atoms with Crippen LogP contribution < -0.4 is 10.1 Å². The van der Waals surface area contributed by atoms with Gasteiger partial charge in [-0.05, 0) is 37.3 Å². The van der Waals surface area contributed by atoms with Gasteiger partial charge in [0.2, 0.25) is 0 Å². The normalized spacial score (nSPS) is 12.1. The molecular formula is C27H24FN5O5. The predicted octanol–water partition coefficient (Wildman–Crippen LogP) is 3.95. The molecule has 0 saturated carbocycles. The molecule has 0 spiro atoms. The minimum atomic E-state index is -1.09. The Bertz CT molecular complexity index is 1650. The molecule has 0 saturated heterocycles. The van der Waals surface area contributed by atoms with Crippen molar-refractivity contribution in [1.82, 2.24) is 24.8 Å². The summed E-state index contributed by atoms with van der Waals surface area (Å²) in [7, 11) is 1.84. The molecule has 2 aromatic heterocycles. The second kappa shape index (κ2) is 9.85. The Morgan fingerprint density at radius 2 is 1.92 bits per heavy atom. The highest BCUT2D eigenvalue weighted by molar-refractivity contribution is 5.97. The zero-order valence-corrected chi connectivity index (χ0v) is 20.5. The van der Waals surface area contributed by atoms with Gasteiger partial charge in [-0.25, -0.2) is 19.2 Å². The average Bonchev–Trinajstić information content (AvgIpc) is 3.46. The Labute approximate surface area is 215 Å². The Balaban J connectivity index is 1.29. The summed E-state index contributed by atoms with van der Waals surface area (Å²) in [6, 6.07) is 13.9. The third-order valence-corrected chi connectivity index (χ3v) is 6.31. The largest absolute Gasteiger partial charge is 0.505 e. The van der Waals surface area contributed by atoms with Crippen molar-refractivity contribution in [2.45, 2.75) is 12.8 Å². The molecule has 2 heterocycles. The number of benzene rings is 3. The van der Waals surface area contributed by atoms with Crippen molar-refractivity contribution in [3.8, 4) is 11.5 Å². The fraction of sp³-hybridized carbons (Fsp3) is 0.185. The number of hydrogen-bond acceptors (Lipinski definition) is 6. The summed E-state index contributed by atoms with van der Waals surface area (Å²) in [4.78, 5) is 36.3. The third-order valence-electron chi connectivity index (χ3n) is 6.31. The summed E-state index contributed by atoms with van der Waals surface area (Å²) in [5, 5.41) is 21.6. The van der Waals surface area contributed by atoms with Gasteiger partial charge < -0.3 is 29.8 Å². The fourth-order valence-electron chi connectivity index (χ4n) is 4.30. The van der Waals surface area contributed by atoms with Crippen molar-refractivity contribution in [3.05, 3.63) is 83.2 Å². The molecule has 194 valence electrons. The Hall–Kier alpha value is -4.93. The first kappa shape index (κ1) is 24.8. The van der Waals surface area contributed by atoms with Gasteiger partial charge in [0.15, 0.2) is 11.6 Å². The minimum absolute atomic E-state index is 0.0541. The van der Waals surface area contributed by atoms with Crippen molar-refractivity contribution >= 4 is 33.9 Å². The molecule has 5 rings (SSSR count). The number of carbonyl (C=O) groups is 2. The van der Waals surface area contributed by atoms with Crippen LogP contribution in [0.2, 0.25) is 0 Å². The van der Waals surface area contributed by atoms with Gasteiger partial charge in [0.1, 0.15) is 29.6 Å². The fourth-order valence-corrected chi connectivity index (χ4v) is 4.30. The zero-order chi connectivity index (χ0) is 27.0. The number of fused-ring (bicyclic) bond motifs is 2. The first-order valence-corrected chi connectivity index (χ1v) is 11.8. The van der Waals surface area contributed by atoms with E-state index < -0.39 is 17.5 Å². The molecule has 1 atom stereocenters. The lowest BCUT2D eigenvalue weighted by molar-refractivity contribution is 0.0691. The average molecular weight is 518 g/mol. The van der Waals surface area contributed by atoms with Crippen LogP contribution in [-0.4, -0.2) is 54.8 Å². The van der Waals surface area contributed by atoms with Crippen molar-refractivity contribution in [2.75, 3.05) is 13.2 Å². The molecule has 10 nitrogen and oxygen atoms in total. The highest BCUT2D eigenvalue weighted by atomic mass is 19.1. The topological polar surface area (TPSA) is 142 Å². The first-order valence-electron chi connectivity index (χ1n) is 11.8. The number of para-hydroxylation sites is 1. The van der Waals surface area contributed by atoms with E-state index >= 15 is 0 Å². The standard InChI is InChI=1S/C27H24FN5O5/c1-14(24-30-19-12-17(28)22(34)13-20(19)31-24)25-32-18-8-7-15(11-21(18)33(25)2)26(35)29-9-10-38-23-6-4-3-5-16(23)27(36)37/h3-8,11-14,34H,9-10H2,1-2H3,(H,29,35)(H,30,31)(H,36,37). The number of amides is 1. The van der Waals surface area contributed by atoms with E-state index in [2.05, 4.69) is 15.3 Å². The zero-order valence-electron chi connectivity index (χ0n) is 20.5. The number of nitrogens with zero attached hydrogens (tertiary/aromatic N) is 3. The lowest BCUT2D eigenvalue weighted by Gasteiger charge is -2.10. The van der Waals surface area contributed by atoms with E-state index in [1.165, 1.54) is 18.2 Å². The Kier molecular flexibility index (Phi) is 6.41. The molecule has 38 heavy (non-hydrogen) atoms. The number of aryl methyl sites for hydroxylation is 1. The lowest BCUT2D eigenvalue weighted by Crippen LogP contribution is -2.28. The number of carboxylic acid groups (broad SMARTS) is 1. The van der Waals surface area contributed by atoms with Gasteiger partial charge >= 0.3 is 5.97 Å². The summed E-state index contributed by atoms with van der Waals surface area (Å²) in [5.41, 5.74) is 2.83. The van der Waals surface area contributed by atoms with Crippen LogP contribution in [0.1, 0.15) is 45.2 Å². The monoisotopic (exact) mass is 517 g/mol. The number of nitrogens with one attached hydrogen (secondary N) is 2. The molecule has 0 radical (unpaired) electrons. The summed E-state index contributed by atoms with van der Waals surface area (Å²) in [6.45, 7) is 2.19. The van der Waals surface area contributed by atoms with Gasteiger partial charge in [-0.15, -0.1) is 0 Å². The molecule has 0 aliphatic rings. The van der Waals surface area contributed by atoms with E-state index in [1.807, 2.05) is 18.5 Å². The predicted molar refractivity (Wildman–Crippen MR) is 137 cm³/mol. The molecule has 0 bridgehead atoms. The number of aromatic hydroxyl groups is 1. The maximum absolute atomic E-state index is 13.7. The molecule has 3 aromatic carbocycles. The van der Waals surface area contributed by atoms with Crippen molar-refractivity contribution in [1.29, 1.82) is 0 Å². The molecular weight excluding hydrogens is 493 g/mol. The molecule has 1 amide bonds. The number of ether oxygens (including phenoxy) is 1. The van der Waals surface area contributed by atoms with Crippen molar-refractivity contribution in [2.24, 2.45) is 7.05 Å². The van der Waals surface area contributed by atoms with Crippen LogP contribution in [0, 0.1) is 5.82 Å². The number of rotatable bonds is 8. The van der Waals surface area contributed by atoms with Crippen LogP contribution in [0.4, 0.5) is 4.39 Å². The van der Waals surface area contributed by atoms with E-state index in [1.54, 1.807) is 36.4 Å². The summed E-state index contributed by atoms with van der Waals surface area (Å²) in [6.07, 6.45) is 0. The van der Waals surface area contributed by atoms with Crippen molar-refractivity contribution in [3.63, 3.8) is 0 Å². The smallest absolute Gasteiger partial charge is 0.339 e.